The van der Waals surface area contributed by atoms with Crippen molar-refractivity contribution >= 4 is 12.0 Å². The van der Waals surface area contributed by atoms with Crippen LogP contribution >= 0.6 is 0 Å². The molecule has 0 saturated carbocycles. The van der Waals surface area contributed by atoms with Crippen molar-refractivity contribution in [3.8, 4) is 0 Å². The minimum Gasteiger partial charge on any atom is -0.449 e. The van der Waals surface area contributed by atoms with Crippen molar-refractivity contribution in [3.63, 3.8) is 0 Å². The van der Waals surface area contributed by atoms with Crippen molar-refractivity contribution in [1.29, 1.82) is 0 Å². The zero-order chi connectivity index (χ0) is 18.6. The quantitative estimate of drug-likeness (QED) is 0.784. The Kier molecular flexibility index (Phi) is 5.20. The van der Waals surface area contributed by atoms with E-state index >= 15 is 0 Å². The average Bonchev–Trinajstić information content (AvgIpc) is 3.10. The van der Waals surface area contributed by atoms with Gasteiger partial charge in [-0.05, 0) is 36.9 Å². The molecule has 0 bridgehead atoms. The van der Waals surface area contributed by atoms with Crippen LogP contribution in [0.2, 0.25) is 0 Å². The standard InChI is InChI=1S/C20H25N5O2/c21-7-3-9-27-20(26)25-8-6-18-16(13-25)12-22-19(24-18)23-17-10-14-4-1-2-5-15(14)11-17/h1-2,4-5,12,17H,3,6-11,13,21H2,(H,22,23,24). The first-order valence-electron chi connectivity index (χ1n) is 9.53. The van der Waals surface area contributed by atoms with Crippen LogP contribution in [0, 0.1) is 0 Å². The number of carbonyl (C=O) groups is 1. The van der Waals surface area contributed by atoms with Crippen molar-refractivity contribution in [3.05, 3.63) is 52.8 Å². The molecule has 3 N–H and O–H groups in total. The van der Waals surface area contributed by atoms with Gasteiger partial charge in [0.1, 0.15) is 0 Å². The minimum atomic E-state index is -0.292. The fourth-order valence-electron chi connectivity index (χ4n) is 3.72. The smallest absolute Gasteiger partial charge is 0.410 e. The van der Waals surface area contributed by atoms with Crippen molar-refractivity contribution in [2.45, 2.75) is 38.3 Å². The van der Waals surface area contributed by atoms with E-state index in [1.807, 2.05) is 6.20 Å². The van der Waals surface area contributed by atoms with Gasteiger partial charge in [0.25, 0.3) is 0 Å². The molecule has 1 aromatic heterocycles. The first-order chi connectivity index (χ1) is 13.2. The summed E-state index contributed by atoms with van der Waals surface area (Å²) in [6.07, 6.45) is 4.92. The van der Waals surface area contributed by atoms with Gasteiger partial charge in [-0.25, -0.2) is 14.8 Å². The number of ether oxygens (including phenoxy) is 1. The molecule has 1 aliphatic heterocycles. The lowest BCUT2D eigenvalue weighted by atomic mass is 10.1. The number of hydrogen-bond donors (Lipinski definition) is 2. The minimum absolute atomic E-state index is 0.292. The number of nitrogens with two attached hydrogens (primary N) is 1. The molecule has 0 spiro atoms. The molecule has 27 heavy (non-hydrogen) atoms. The number of carbonyl (C=O) groups excluding carboxylic acids is 1. The van der Waals surface area contributed by atoms with Gasteiger partial charge in [-0.2, -0.15) is 0 Å². The van der Waals surface area contributed by atoms with Gasteiger partial charge in [0.05, 0.1) is 18.8 Å². The van der Waals surface area contributed by atoms with Gasteiger partial charge in [0.2, 0.25) is 5.95 Å². The number of hydrogen-bond acceptors (Lipinski definition) is 6. The van der Waals surface area contributed by atoms with Gasteiger partial charge in [-0.1, -0.05) is 24.3 Å². The van der Waals surface area contributed by atoms with Crippen molar-refractivity contribution in [2.75, 3.05) is 25.0 Å². The van der Waals surface area contributed by atoms with Crippen LogP contribution in [0.25, 0.3) is 0 Å². The summed E-state index contributed by atoms with van der Waals surface area (Å²) in [6, 6.07) is 8.88. The lowest BCUT2D eigenvalue weighted by Gasteiger charge is -2.27. The van der Waals surface area contributed by atoms with E-state index in [4.69, 9.17) is 15.5 Å². The fourth-order valence-corrected chi connectivity index (χ4v) is 3.72. The van der Waals surface area contributed by atoms with Crippen molar-refractivity contribution < 1.29 is 9.53 Å². The van der Waals surface area contributed by atoms with Crippen molar-refractivity contribution in [2.24, 2.45) is 5.73 Å². The summed E-state index contributed by atoms with van der Waals surface area (Å²) in [6.45, 7) is 1.99. The van der Waals surface area contributed by atoms with Crippen LogP contribution < -0.4 is 11.1 Å². The summed E-state index contributed by atoms with van der Waals surface area (Å²) in [7, 11) is 0. The number of nitrogens with zero attached hydrogens (tertiary/aromatic N) is 3. The molecule has 2 aliphatic rings. The van der Waals surface area contributed by atoms with Gasteiger partial charge in [0.15, 0.2) is 0 Å². The molecule has 2 aromatic rings. The van der Waals surface area contributed by atoms with E-state index in [0.717, 1.165) is 24.1 Å². The molecule has 7 heteroatoms. The zero-order valence-corrected chi connectivity index (χ0v) is 15.4. The number of amides is 1. The normalized spacial score (nSPS) is 16.0. The molecule has 1 amide bonds. The number of aromatic nitrogens is 2. The molecule has 142 valence electrons. The van der Waals surface area contributed by atoms with Gasteiger partial charge in [0, 0.05) is 30.8 Å². The molecule has 0 unspecified atom stereocenters. The van der Waals surface area contributed by atoms with E-state index in [1.54, 1.807) is 4.90 Å². The van der Waals surface area contributed by atoms with E-state index in [-0.39, 0.29) is 6.09 Å². The summed E-state index contributed by atoms with van der Waals surface area (Å²) in [4.78, 5) is 23.0. The predicted octanol–water partition coefficient (Wildman–Crippen LogP) is 1.90. The lowest BCUT2D eigenvalue weighted by Crippen LogP contribution is -2.37. The molecule has 7 nitrogen and oxygen atoms in total. The zero-order valence-electron chi connectivity index (χ0n) is 15.4. The fraction of sp³-hybridized carbons (Fsp3) is 0.450. The molecular weight excluding hydrogens is 342 g/mol. The second-order valence-electron chi connectivity index (χ2n) is 7.11. The summed E-state index contributed by atoms with van der Waals surface area (Å²) in [5.41, 5.74) is 10.2. The average molecular weight is 367 g/mol. The maximum atomic E-state index is 12.1. The van der Waals surface area contributed by atoms with Crippen LogP contribution in [0.1, 0.15) is 28.8 Å². The first kappa shape index (κ1) is 17.7. The molecular formula is C20H25N5O2. The highest BCUT2D eigenvalue weighted by molar-refractivity contribution is 5.68. The molecule has 4 rings (SSSR count). The van der Waals surface area contributed by atoms with Crippen LogP contribution in [-0.2, 0) is 30.5 Å². The lowest BCUT2D eigenvalue weighted by molar-refractivity contribution is 0.0970. The summed E-state index contributed by atoms with van der Waals surface area (Å²) in [5, 5.41) is 3.47. The summed E-state index contributed by atoms with van der Waals surface area (Å²) >= 11 is 0. The Bertz CT molecular complexity index is 801. The molecule has 0 fully saturated rings. The highest BCUT2D eigenvalue weighted by Crippen LogP contribution is 2.24. The highest BCUT2D eigenvalue weighted by Gasteiger charge is 2.25. The van der Waals surface area contributed by atoms with E-state index in [9.17, 15) is 4.79 Å². The third kappa shape index (κ3) is 4.03. The largest absolute Gasteiger partial charge is 0.449 e. The van der Waals surface area contributed by atoms with E-state index in [0.29, 0.717) is 51.1 Å². The van der Waals surface area contributed by atoms with Gasteiger partial charge < -0.3 is 20.7 Å². The number of anilines is 1. The predicted molar refractivity (Wildman–Crippen MR) is 102 cm³/mol. The van der Waals surface area contributed by atoms with Crippen molar-refractivity contribution in [1.82, 2.24) is 14.9 Å². The SMILES string of the molecule is NCCCOC(=O)N1CCc2nc(NC3Cc4ccccc4C3)ncc2C1. The van der Waals surface area contributed by atoms with Gasteiger partial charge in [-0.3, -0.25) is 0 Å². The Labute approximate surface area is 158 Å². The van der Waals surface area contributed by atoms with Crippen LogP contribution in [0.3, 0.4) is 0 Å². The second-order valence-corrected chi connectivity index (χ2v) is 7.11. The van der Waals surface area contributed by atoms with Crippen LogP contribution in [-0.4, -0.2) is 46.7 Å². The van der Waals surface area contributed by atoms with Crippen LogP contribution in [0.15, 0.2) is 30.5 Å². The Morgan fingerprint density at radius 3 is 2.78 bits per heavy atom. The van der Waals surface area contributed by atoms with Gasteiger partial charge >= 0.3 is 6.09 Å². The molecule has 1 aliphatic carbocycles. The van der Waals surface area contributed by atoms with E-state index in [1.165, 1.54) is 11.1 Å². The number of rotatable bonds is 5. The third-order valence-corrected chi connectivity index (χ3v) is 5.15. The molecule has 0 atom stereocenters. The number of nitrogens with one attached hydrogen (secondary N) is 1. The Balaban J connectivity index is 1.36. The first-order valence-corrected chi connectivity index (χ1v) is 9.53. The van der Waals surface area contributed by atoms with Crippen LogP contribution in [0.4, 0.5) is 10.7 Å². The Hall–Kier alpha value is -2.67. The maximum absolute atomic E-state index is 12.1. The summed E-state index contributed by atoms with van der Waals surface area (Å²) in [5.74, 6) is 0.672. The topological polar surface area (TPSA) is 93.4 Å². The molecule has 2 heterocycles. The highest BCUT2D eigenvalue weighted by atomic mass is 16.6. The van der Waals surface area contributed by atoms with E-state index in [2.05, 4.69) is 34.6 Å². The van der Waals surface area contributed by atoms with E-state index < -0.39 is 0 Å². The van der Waals surface area contributed by atoms with Crippen LogP contribution in [0.5, 0.6) is 0 Å². The Morgan fingerprint density at radius 2 is 2.04 bits per heavy atom. The summed E-state index contributed by atoms with van der Waals surface area (Å²) < 4.78 is 5.23. The maximum Gasteiger partial charge on any atom is 0.410 e. The molecule has 1 aromatic carbocycles. The molecule has 0 radical (unpaired) electrons. The second kappa shape index (κ2) is 7.92. The van der Waals surface area contributed by atoms with Gasteiger partial charge in [-0.15, -0.1) is 0 Å². The third-order valence-electron chi connectivity index (χ3n) is 5.15. The number of fused-ring (bicyclic) bond motifs is 2. The molecule has 0 saturated heterocycles. The Morgan fingerprint density at radius 1 is 1.26 bits per heavy atom. The monoisotopic (exact) mass is 367 g/mol. The number of benzene rings is 1.